The smallest absolute Gasteiger partial charge is 0.254 e. The molecule has 3 aromatic carbocycles. The van der Waals surface area contributed by atoms with Crippen molar-refractivity contribution in [3.63, 3.8) is 0 Å². The molecule has 0 aliphatic heterocycles. The molecule has 6 nitrogen and oxygen atoms in total. The molecule has 2 N–H and O–H groups in total. The molecule has 35 heavy (non-hydrogen) atoms. The van der Waals surface area contributed by atoms with Crippen molar-refractivity contribution in [2.24, 2.45) is 0 Å². The van der Waals surface area contributed by atoms with Gasteiger partial charge in [-0.15, -0.1) is 0 Å². The minimum atomic E-state index is -0.267. The Bertz CT molecular complexity index is 1510. The standard InChI is InChI=1S/C27H17Cl2N5O/c28-19-9-7-17(8-10-19)15-31-27(35)21-5-1-2-6-23(21)33-26-22-14-20(29)11-12-24(22)32-25(34-26)18-4-3-13-30-16-18/h1,3-5,7-14,16H,15H2,(H,31,35)(H,32,33,34). The normalized spacial score (nSPS) is 10.6. The summed E-state index contributed by atoms with van der Waals surface area (Å²) in [7, 11) is 0. The SMILES string of the molecule is O=C(NCc1ccc(Cl)cc1)c1ccc#cc1Nc1nc(-c2cccnc2)nc2ccc(Cl)cc12. The second kappa shape index (κ2) is 9.98. The van der Waals surface area contributed by atoms with Gasteiger partial charge in [-0.2, -0.15) is 0 Å². The lowest BCUT2D eigenvalue weighted by Crippen LogP contribution is -2.23. The Kier molecular flexibility index (Phi) is 6.44. The summed E-state index contributed by atoms with van der Waals surface area (Å²) >= 11 is 12.2. The zero-order chi connectivity index (χ0) is 24.2. The van der Waals surface area contributed by atoms with Crippen LogP contribution in [0.2, 0.25) is 10.0 Å². The number of fused-ring (bicyclic) bond motifs is 1. The first-order valence-electron chi connectivity index (χ1n) is 10.7. The van der Waals surface area contributed by atoms with Crippen LogP contribution in [0.5, 0.6) is 0 Å². The van der Waals surface area contributed by atoms with E-state index >= 15 is 0 Å². The predicted octanol–water partition coefficient (Wildman–Crippen LogP) is 6.27. The topological polar surface area (TPSA) is 79.8 Å². The van der Waals surface area contributed by atoms with Crippen molar-refractivity contribution in [2.45, 2.75) is 6.54 Å². The van der Waals surface area contributed by atoms with Crippen LogP contribution in [0.15, 0.2) is 79.1 Å². The summed E-state index contributed by atoms with van der Waals surface area (Å²) in [5.74, 6) is 0.708. The Morgan fingerprint density at radius 1 is 0.971 bits per heavy atom. The van der Waals surface area contributed by atoms with Crippen LogP contribution < -0.4 is 10.6 Å². The van der Waals surface area contributed by atoms with Crippen LogP contribution in [0.1, 0.15) is 15.9 Å². The molecule has 0 fully saturated rings. The van der Waals surface area contributed by atoms with Gasteiger partial charge in [-0.1, -0.05) is 41.4 Å². The molecule has 1 amide bonds. The minimum absolute atomic E-state index is 0.267. The number of carbonyl (C=O) groups is 1. The third-order valence-electron chi connectivity index (χ3n) is 5.23. The number of amides is 1. The number of nitrogens with zero attached hydrogens (tertiary/aromatic N) is 3. The van der Waals surface area contributed by atoms with Crippen LogP contribution in [0.4, 0.5) is 11.5 Å². The van der Waals surface area contributed by atoms with Crippen molar-refractivity contribution in [3.8, 4) is 11.4 Å². The summed E-state index contributed by atoms with van der Waals surface area (Å²) in [6.07, 6.45) is 3.38. The number of anilines is 2. The zero-order valence-electron chi connectivity index (χ0n) is 18.2. The van der Waals surface area contributed by atoms with Gasteiger partial charge in [-0.3, -0.25) is 9.78 Å². The highest BCUT2D eigenvalue weighted by molar-refractivity contribution is 6.31. The van der Waals surface area contributed by atoms with Crippen molar-refractivity contribution in [1.29, 1.82) is 0 Å². The van der Waals surface area contributed by atoms with Gasteiger partial charge in [0.15, 0.2) is 5.82 Å². The van der Waals surface area contributed by atoms with E-state index < -0.39 is 0 Å². The molecule has 0 saturated carbocycles. The zero-order valence-corrected chi connectivity index (χ0v) is 19.7. The average molecular weight is 498 g/mol. The first-order valence-corrected chi connectivity index (χ1v) is 11.4. The number of carbonyl (C=O) groups excluding carboxylic acids is 1. The van der Waals surface area contributed by atoms with Gasteiger partial charge in [0.1, 0.15) is 11.5 Å². The third kappa shape index (κ3) is 5.17. The monoisotopic (exact) mass is 497 g/mol. The van der Waals surface area contributed by atoms with E-state index in [4.69, 9.17) is 28.2 Å². The first-order chi connectivity index (χ1) is 17.1. The molecule has 0 unspecified atom stereocenters. The summed E-state index contributed by atoms with van der Waals surface area (Å²) in [4.78, 5) is 26.6. The summed E-state index contributed by atoms with van der Waals surface area (Å²) in [5, 5.41) is 8.06. The Labute approximate surface area is 212 Å². The lowest BCUT2D eigenvalue weighted by Gasteiger charge is -2.13. The molecule has 8 heteroatoms. The van der Waals surface area contributed by atoms with E-state index in [0.29, 0.717) is 50.4 Å². The highest BCUT2D eigenvalue weighted by Crippen LogP contribution is 2.29. The molecule has 0 saturated heterocycles. The number of hydrogen-bond donors (Lipinski definition) is 2. The van der Waals surface area contributed by atoms with Crippen LogP contribution >= 0.6 is 23.2 Å². The molecule has 5 rings (SSSR count). The number of pyridine rings is 1. The molecular weight excluding hydrogens is 481 g/mol. The van der Waals surface area contributed by atoms with Crippen LogP contribution in [0.25, 0.3) is 22.3 Å². The van der Waals surface area contributed by atoms with Gasteiger partial charge in [-0.25, -0.2) is 9.97 Å². The predicted molar refractivity (Wildman–Crippen MR) is 138 cm³/mol. The molecule has 5 aromatic rings. The van der Waals surface area contributed by atoms with E-state index in [1.165, 1.54) is 0 Å². The van der Waals surface area contributed by atoms with Crippen molar-refractivity contribution in [2.75, 3.05) is 5.32 Å². The number of rotatable bonds is 6. The van der Waals surface area contributed by atoms with E-state index in [0.717, 1.165) is 11.1 Å². The lowest BCUT2D eigenvalue weighted by atomic mass is 10.1. The Hall–Kier alpha value is -4.18. The fourth-order valence-electron chi connectivity index (χ4n) is 3.50. The molecule has 170 valence electrons. The van der Waals surface area contributed by atoms with Crippen LogP contribution in [-0.2, 0) is 6.54 Å². The number of benzene rings is 2. The summed E-state index contributed by atoms with van der Waals surface area (Å²) in [6.45, 7) is 0.352. The van der Waals surface area contributed by atoms with Gasteiger partial charge in [-0.05, 0) is 66.2 Å². The second-order valence-electron chi connectivity index (χ2n) is 7.62. The fraction of sp³-hybridized carbons (Fsp3) is 0.0370. The molecule has 2 aromatic heterocycles. The summed E-state index contributed by atoms with van der Waals surface area (Å²) < 4.78 is 0. The highest BCUT2D eigenvalue weighted by Gasteiger charge is 2.15. The Balaban J connectivity index is 1.48. The van der Waals surface area contributed by atoms with Crippen molar-refractivity contribution in [3.05, 3.63) is 112 Å². The van der Waals surface area contributed by atoms with Crippen LogP contribution in [-0.4, -0.2) is 20.9 Å². The van der Waals surface area contributed by atoms with E-state index in [9.17, 15) is 4.79 Å². The van der Waals surface area contributed by atoms with Crippen molar-refractivity contribution < 1.29 is 4.79 Å². The third-order valence-corrected chi connectivity index (χ3v) is 5.72. The first kappa shape index (κ1) is 22.6. The van der Waals surface area contributed by atoms with Crippen molar-refractivity contribution >= 4 is 51.5 Å². The number of nitrogens with one attached hydrogen (secondary N) is 2. The van der Waals surface area contributed by atoms with Gasteiger partial charge >= 0.3 is 0 Å². The molecule has 0 spiro atoms. The Morgan fingerprint density at radius 2 is 1.80 bits per heavy atom. The van der Waals surface area contributed by atoms with E-state index in [2.05, 4.69) is 32.7 Å². The van der Waals surface area contributed by atoms with Gasteiger partial charge in [0.25, 0.3) is 5.91 Å². The Morgan fingerprint density at radius 3 is 2.60 bits per heavy atom. The quantitative estimate of drug-likeness (QED) is 0.288. The van der Waals surface area contributed by atoms with Gasteiger partial charge in [0, 0.05) is 39.9 Å². The fourth-order valence-corrected chi connectivity index (χ4v) is 3.79. The van der Waals surface area contributed by atoms with E-state index in [1.54, 1.807) is 48.8 Å². The maximum atomic E-state index is 13.0. The molecule has 0 bridgehead atoms. The average Bonchev–Trinajstić information content (AvgIpc) is 2.89. The minimum Gasteiger partial charge on any atom is -0.348 e. The highest BCUT2D eigenvalue weighted by atomic mass is 35.5. The lowest BCUT2D eigenvalue weighted by molar-refractivity contribution is 0.0952. The number of hydrogen-bond acceptors (Lipinski definition) is 5. The number of halogens is 2. The largest absolute Gasteiger partial charge is 0.348 e. The summed E-state index contributed by atoms with van der Waals surface area (Å²) in [5.41, 5.74) is 3.21. The van der Waals surface area contributed by atoms with Crippen molar-refractivity contribution in [1.82, 2.24) is 20.3 Å². The van der Waals surface area contributed by atoms with Gasteiger partial charge in [0.05, 0.1) is 11.1 Å². The van der Waals surface area contributed by atoms with Crippen LogP contribution in [0, 0.1) is 12.1 Å². The molecule has 0 radical (unpaired) electrons. The maximum absolute atomic E-state index is 13.0. The molecule has 0 aliphatic carbocycles. The van der Waals surface area contributed by atoms with E-state index in [1.807, 2.05) is 30.3 Å². The molecular formula is C27H17Cl2N5O. The molecule has 0 atom stereocenters. The molecule has 0 aliphatic rings. The second-order valence-corrected chi connectivity index (χ2v) is 8.50. The maximum Gasteiger partial charge on any atom is 0.254 e. The van der Waals surface area contributed by atoms with Crippen LogP contribution in [0.3, 0.4) is 0 Å². The number of aromatic nitrogens is 3. The molecule has 2 heterocycles. The van der Waals surface area contributed by atoms with Gasteiger partial charge in [0.2, 0.25) is 0 Å². The van der Waals surface area contributed by atoms with Gasteiger partial charge < -0.3 is 10.6 Å². The van der Waals surface area contributed by atoms with E-state index in [-0.39, 0.29) is 5.91 Å². The summed E-state index contributed by atoms with van der Waals surface area (Å²) in [6, 6.07) is 25.6.